The Morgan fingerprint density at radius 1 is 1.45 bits per heavy atom. The molecular weight excluding hydrogens is 150 g/mol. The van der Waals surface area contributed by atoms with Gasteiger partial charge < -0.3 is 15.9 Å². The summed E-state index contributed by atoms with van der Waals surface area (Å²) >= 11 is 0. The van der Waals surface area contributed by atoms with E-state index in [9.17, 15) is 4.79 Å². The summed E-state index contributed by atoms with van der Waals surface area (Å²) in [6.07, 6.45) is 0.770. The second-order valence-corrected chi connectivity index (χ2v) is 1.81. The van der Waals surface area contributed by atoms with Crippen molar-refractivity contribution >= 4 is 11.9 Å². The van der Waals surface area contributed by atoms with Crippen LogP contribution in [0, 0.1) is 0 Å². The number of carboxylic acids is 1. The monoisotopic (exact) mass is 163 g/mol. The maximum absolute atomic E-state index is 9.87. The maximum Gasteiger partial charge on any atom is 0.300 e. The zero-order chi connectivity index (χ0) is 9.28. The van der Waals surface area contributed by atoms with Crippen molar-refractivity contribution in [2.75, 3.05) is 6.61 Å². The number of nitrogens with two attached hydrogens (primary N) is 1. The van der Waals surface area contributed by atoms with Crippen LogP contribution in [-0.4, -0.2) is 28.7 Å². The van der Waals surface area contributed by atoms with Crippen LogP contribution in [0.25, 0.3) is 0 Å². The summed E-state index contributed by atoms with van der Waals surface area (Å²) in [5.74, 6) is -1.19. The van der Waals surface area contributed by atoms with E-state index in [1.165, 1.54) is 0 Å². The average Bonchev–Trinajstić information content (AvgIpc) is 1.82. The lowest BCUT2D eigenvalue weighted by Gasteiger charge is -1.86. The fraction of sp³-hybridized carbons (Fsp3) is 0.667. The molecule has 0 atom stereocenters. The lowest BCUT2D eigenvalue weighted by atomic mass is 10.3. The SMILES string of the molecule is CC(=O)O.NC(=O)CCCO. The highest BCUT2D eigenvalue weighted by Crippen LogP contribution is 1.81. The molecule has 66 valence electrons. The molecule has 0 spiro atoms. The van der Waals surface area contributed by atoms with Gasteiger partial charge in [-0.2, -0.15) is 0 Å². The van der Waals surface area contributed by atoms with Gasteiger partial charge in [-0.05, 0) is 6.42 Å². The zero-order valence-corrected chi connectivity index (χ0v) is 6.41. The third-order valence-electron chi connectivity index (χ3n) is 0.581. The lowest BCUT2D eigenvalue weighted by Crippen LogP contribution is -2.10. The van der Waals surface area contributed by atoms with Crippen LogP contribution in [0.15, 0.2) is 0 Å². The smallest absolute Gasteiger partial charge is 0.300 e. The van der Waals surface area contributed by atoms with Gasteiger partial charge in [-0.15, -0.1) is 0 Å². The predicted octanol–water partition coefficient (Wildman–Crippen LogP) is -0.665. The Balaban J connectivity index is 0. The summed E-state index contributed by atoms with van der Waals surface area (Å²) in [5, 5.41) is 15.5. The molecule has 0 fully saturated rings. The number of hydrogen-bond acceptors (Lipinski definition) is 3. The first-order chi connectivity index (χ1) is 5.00. The fourth-order valence-electron chi connectivity index (χ4n) is 0.253. The third-order valence-corrected chi connectivity index (χ3v) is 0.581. The standard InChI is InChI=1S/C4H9NO2.C2H4O2/c5-4(7)2-1-3-6;1-2(3)4/h6H,1-3H2,(H2,5,7);1H3,(H,3,4). The molecule has 0 aliphatic heterocycles. The Hall–Kier alpha value is -1.10. The van der Waals surface area contributed by atoms with Gasteiger partial charge in [-0.3, -0.25) is 9.59 Å². The average molecular weight is 163 g/mol. The molecule has 11 heavy (non-hydrogen) atoms. The van der Waals surface area contributed by atoms with Gasteiger partial charge in [0, 0.05) is 20.0 Å². The highest BCUT2D eigenvalue weighted by molar-refractivity contribution is 5.73. The van der Waals surface area contributed by atoms with E-state index in [1.807, 2.05) is 0 Å². The predicted molar refractivity (Wildman–Crippen MR) is 38.8 cm³/mol. The van der Waals surface area contributed by atoms with Gasteiger partial charge in [0.15, 0.2) is 0 Å². The van der Waals surface area contributed by atoms with Crippen LogP contribution in [0.4, 0.5) is 0 Å². The number of hydrogen-bond donors (Lipinski definition) is 3. The zero-order valence-electron chi connectivity index (χ0n) is 6.41. The summed E-state index contributed by atoms with van der Waals surface area (Å²) in [7, 11) is 0. The number of carbonyl (C=O) groups excluding carboxylic acids is 1. The van der Waals surface area contributed by atoms with Crippen molar-refractivity contribution in [2.24, 2.45) is 5.73 Å². The Kier molecular flexibility index (Phi) is 10.2. The first-order valence-electron chi connectivity index (χ1n) is 3.09. The topological polar surface area (TPSA) is 101 Å². The molecule has 0 aliphatic carbocycles. The second-order valence-electron chi connectivity index (χ2n) is 1.81. The van der Waals surface area contributed by atoms with E-state index >= 15 is 0 Å². The molecule has 0 unspecified atom stereocenters. The van der Waals surface area contributed by atoms with Gasteiger partial charge in [0.25, 0.3) is 5.97 Å². The number of carbonyl (C=O) groups is 2. The van der Waals surface area contributed by atoms with Crippen molar-refractivity contribution in [3.63, 3.8) is 0 Å². The fourth-order valence-corrected chi connectivity index (χ4v) is 0.253. The van der Waals surface area contributed by atoms with E-state index in [0.29, 0.717) is 6.42 Å². The third kappa shape index (κ3) is 50.4. The Morgan fingerprint density at radius 3 is 1.91 bits per heavy atom. The highest BCUT2D eigenvalue weighted by Gasteiger charge is 1.88. The van der Waals surface area contributed by atoms with Crippen LogP contribution in [0.1, 0.15) is 19.8 Å². The molecule has 0 aromatic carbocycles. The van der Waals surface area contributed by atoms with Crippen LogP contribution >= 0.6 is 0 Å². The molecule has 0 aliphatic rings. The molecule has 0 saturated heterocycles. The summed E-state index contributed by atoms with van der Waals surface area (Å²) < 4.78 is 0. The van der Waals surface area contributed by atoms with Crippen molar-refractivity contribution in [2.45, 2.75) is 19.8 Å². The largest absolute Gasteiger partial charge is 0.481 e. The molecule has 5 nitrogen and oxygen atoms in total. The molecule has 5 heteroatoms. The van der Waals surface area contributed by atoms with E-state index in [0.717, 1.165) is 6.92 Å². The Morgan fingerprint density at radius 2 is 1.82 bits per heavy atom. The van der Waals surface area contributed by atoms with E-state index in [2.05, 4.69) is 0 Å². The van der Waals surface area contributed by atoms with E-state index in [1.54, 1.807) is 0 Å². The van der Waals surface area contributed by atoms with Crippen LogP contribution < -0.4 is 5.73 Å². The van der Waals surface area contributed by atoms with Gasteiger partial charge in [-0.25, -0.2) is 0 Å². The summed E-state index contributed by atoms with van der Waals surface area (Å²) in [5.41, 5.74) is 4.73. The molecule has 0 rings (SSSR count). The molecule has 1 amide bonds. The molecular formula is C6H13NO4. The van der Waals surface area contributed by atoms with E-state index in [-0.39, 0.29) is 18.9 Å². The van der Waals surface area contributed by atoms with Crippen LogP contribution in [0.2, 0.25) is 0 Å². The summed E-state index contributed by atoms with van der Waals surface area (Å²) in [6, 6.07) is 0. The number of aliphatic carboxylic acids is 1. The van der Waals surface area contributed by atoms with Gasteiger partial charge in [0.2, 0.25) is 5.91 Å². The van der Waals surface area contributed by atoms with Gasteiger partial charge in [0.1, 0.15) is 0 Å². The van der Waals surface area contributed by atoms with Crippen molar-refractivity contribution in [3.05, 3.63) is 0 Å². The number of aliphatic hydroxyl groups excluding tert-OH is 1. The van der Waals surface area contributed by atoms with Gasteiger partial charge in [-0.1, -0.05) is 0 Å². The first kappa shape index (κ1) is 12.6. The number of amides is 1. The number of aliphatic hydroxyl groups is 1. The normalized spacial score (nSPS) is 7.82. The van der Waals surface area contributed by atoms with Crippen molar-refractivity contribution in [1.29, 1.82) is 0 Å². The van der Waals surface area contributed by atoms with Crippen molar-refractivity contribution < 1.29 is 19.8 Å². The highest BCUT2D eigenvalue weighted by atomic mass is 16.4. The molecule has 0 heterocycles. The lowest BCUT2D eigenvalue weighted by molar-refractivity contribution is -0.134. The van der Waals surface area contributed by atoms with Crippen LogP contribution in [-0.2, 0) is 9.59 Å². The molecule has 0 bridgehead atoms. The van der Waals surface area contributed by atoms with E-state index < -0.39 is 5.97 Å². The van der Waals surface area contributed by atoms with Gasteiger partial charge in [0.05, 0.1) is 0 Å². The van der Waals surface area contributed by atoms with Gasteiger partial charge >= 0.3 is 0 Å². The summed E-state index contributed by atoms with van der Waals surface area (Å²) in [6.45, 7) is 1.13. The van der Waals surface area contributed by atoms with Crippen molar-refractivity contribution in [3.8, 4) is 0 Å². The van der Waals surface area contributed by atoms with Crippen LogP contribution in [0.5, 0.6) is 0 Å². The minimum absolute atomic E-state index is 0.0446. The second kappa shape index (κ2) is 8.90. The molecule has 0 radical (unpaired) electrons. The molecule has 4 N–H and O–H groups in total. The number of carboxylic acid groups (broad SMARTS) is 1. The minimum Gasteiger partial charge on any atom is -0.481 e. The van der Waals surface area contributed by atoms with Crippen LogP contribution in [0.3, 0.4) is 0 Å². The minimum atomic E-state index is -0.833. The maximum atomic E-state index is 9.87. The van der Waals surface area contributed by atoms with Crippen molar-refractivity contribution in [1.82, 2.24) is 0 Å². The molecule has 0 aromatic rings. The Bertz CT molecular complexity index is 120. The molecule has 0 saturated carbocycles. The van der Waals surface area contributed by atoms with E-state index in [4.69, 9.17) is 20.7 Å². The number of rotatable bonds is 3. The molecule has 0 aromatic heterocycles. The quantitative estimate of drug-likeness (QED) is 0.513. The first-order valence-corrected chi connectivity index (χ1v) is 3.09. The Labute approximate surface area is 64.8 Å². The summed E-state index contributed by atoms with van der Waals surface area (Å²) in [4.78, 5) is 18.9. The number of primary amides is 1.